The van der Waals surface area contributed by atoms with Gasteiger partial charge in [0.05, 0.1) is 17.6 Å². The number of thiocarbonyl (C=S) groups is 2. The summed E-state index contributed by atoms with van der Waals surface area (Å²) < 4.78 is 0. The second kappa shape index (κ2) is 10.9. The fourth-order valence-corrected chi connectivity index (χ4v) is 1.48. The Kier molecular flexibility index (Phi) is 8.90. The zero-order chi connectivity index (χ0) is 18.7. The number of carbonyl (C=O) groups excluding carboxylic acids is 1. The fourth-order valence-electron chi connectivity index (χ4n) is 1.34. The van der Waals surface area contributed by atoms with E-state index in [1.807, 2.05) is 0 Å². The summed E-state index contributed by atoms with van der Waals surface area (Å²) in [5, 5.41) is 15.5. The SMILES string of the molecule is CNC(=S)N/N=C(C)/C(C)=N/NC(=S)N/N=C/c1ccc(C=O)cc1. The van der Waals surface area contributed by atoms with Crippen molar-refractivity contribution in [3.8, 4) is 0 Å². The van der Waals surface area contributed by atoms with Gasteiger partial charge in [0.2, 0.25) is 5.11 Å². The molecule has 1 rings (SSSR count). The Hall–Kier alpha value is -2.72. The average Bonchev–Trinajstić information content (AvgIpc) is 2.64. The molecule has 0 heterocycles. The smallest absolute Gasteiger partial charge is 0.207 e. The van der Waals surface area contributed by atoms with Gasteiger partial charge in [-0.25, -0.2) is 0 Å². The van der Waals surface area contributed by atoms with Crippen molar-refractivity contribution < 1.29 is 4.79 Å². The monoisotopic (exact) mass is 377 g/mol. The Labute approximate surface area is 156 Å². The third-order valence-corrected chi connectivity index (χ3v) is 3.33. The first-order valence-electron chi connectivity index (χ1n) is 7.17. The van der Waals surface area contributed by atoms with Crippen molar-refractivity contribution in [2.24, 2.45) is 15.3 Å². The molecule has 0 aliphatic rings. The van der Waals surface area contributed by atoms with Gasteiger partial charge >= 0.3 is 0 Å². The molecule has 132 valence electrons. The largest absolute Gasteiger partial charge is 0.364 e. The number of hydrazone groups is 3. The van der Waals surface area contributed by atoms with Gasteiger partial charge in [-0.1, -0.05) is 24.3 Å². The van der Waals surface area contributed by atoms with E-state index in [0.717, 1.165) is 11.8 Å². The normalized spacial score (nSPS) is 11.8. The highest BCUT2D eigenvalue weighted by molar-refractivity contribution is 7.80. The van der Waals surface area contributed by atoms with E-state index in [4.69, 9.17) is 24.4 Å². The van der Waals surface area contributed by atoms with E-state index in [0.29, 0.717) is 22.1 Å². The van der Waals surface area contributed by atoms with Gasteiger partial charge in [0.1, 0.15) is 6.29 Å². The minimum Gasteiger partial charge on any atom is -0.364 e. The maximum Gasteiger partial charge on any atom is 0.207 e. The number of nitrogens with zero attached hydrogens (tertiary/aromatic N) is 3. The number of nitrogens with one attached hydrogen (secondary N) is 4. The molecule has 0 bridgehead atoms. The first-order chi connectivity index (χ1) is 12.0. The van der Waals surface area contributed by atoms with Gasteiger partial charge in [-0.3, -0.25) is 21.1 Å². The number of rotatable bonds is 6. The summed E-state index contributed by atoms with van der Waals surface area (Å²) in [5.41, 5.74) is 10.7. The molecule has 0 aliphatic heterocycles. The van der Waals surface area contributed by atoms with Crippen LogP contribution >= 0.6 is 24.4 Å². The predicted molar refractivity (Wildman–Crippen MR) is 109 cm³/mol. The topological polar surface area (TPSA) is 102 Å². The Morgan fingerprint density at radius 2 is 1.44 bits per heavy atom. The summed E-state index contributed by atoms with van der Waals surface area (Å²) in [7, 11) is 1.70. The molecule has 0 atom stereocenters. The van der Waals surface area contributed by atoms with Gasteiger partial charge in [-0.05, 0) is 43.8 Å². The molecule has 0 unspecified atom stereocenters. The summed E-state index contributed by atoms with van der Waals surface area (Å²) in [6.07, 6.45) is 2.36. The zero-order valence-electron chi connectivity index (χ0n) is 14.0. The van der Waals surface area contributed by atoms with Crippen molar-refractivity contribution in [3.05, 3.63) is 35.4 Å². The highest BCUT2D eigenvalue weighted by atomic mass is 32.1. The zero-order valence-corrected chi connectivity index (χ0v) is 15.7. The molecule has 0 radical (unpaired) electrons. The van der Waals surface area contributed by atoms with Crippen LogP contribution in [-0.2, 0) is 0 Å². The second-order valence-corrected chi connectivity index (χ2v) is 5.50. The molecule has 1 aromatic carbocycles. The molecular weight excluding hydrogens is 358 g/mol. The van der Waals surface area contributed by atoms with Gasteiger partial charge in [-0.15, -0.1) is 0 Å². The summed E-state index contributed by atoms with van der Waals surface area (Å²) in [4.78, 5) is 10.6. The Balaban J connectivity index is 2.48. The molecule has 8 nitrogen and oxygen atoms in total. The molecule has 0 spiro atoms. The molecule has 4 N–H and O–H groups in total. The van der Waals surface area contributed by atoms with Crippen molar-refractivity contribution in [2.45, 2.75) is 13.8 Å². The number of aldehydes is 1. The summed E-state index contributed by atoms with van der Waals surface area (Å²) in [6.45, 7) is 3.56. The molecule has 0 saturated heterocycles. The average molecular weight is 377 g/mol. The lowest BCUT2D eigenvalue weighted by Gasteiger charge is -2.05. The minimum atomic E-state index is 0.228. The van der Waals surface area contributed by atoms with Crippen LogP contribution in [0.1, 0.15) is 29.8 Å². The van der Waals surface area contributed by atoms with Gasteiger partial charge in [-0.2, -0.15) is 15.3 Å². The number of carbonyl (C=O) groups is 1. The van der Waals surface area contributed by atoms with Crippen molar-refractivity contribution in [1.82, 2.24) is 21.6 Å². The van der Waals surface area contributed by atoms with E-state index in [-0.39, 0.29) is 5.11 Å². The first kappa shape index (κ1) is 20.3. The van der Waals surface area contributed by atoms with Crippen LogP contribution in [0.15, 0.2) is 39.6 Å². The third-order valence-electron chi connectivity index (χ3n) is 2.85. The molecule has 25 heavy (non-hydrogen) atoms. The number of hydrogen-bond acceptors (Lipinski definition) is 6. The van der Waals surface area contributed by atoms with Gasteiger partial charge in [0.25, 0.3) is 0 Å². The predicted octanol–water partition coefficient (Wildman–Crippen LogP) is 1.14. The lowest BCUT2D eigenvalue weighted by Crippen LogP contribution is -2.31. The minimum absolute atomic E-state index is 0.228. The molecular formula is C15H19N7OS2. The van der Waals surface area contributed by atoms with Crippen LogP contribution < -0.4 is 21.6 Å². The van der Waals surface area contributed by atoms with Crippen molar-refractivity contribution in [1.29, 1.82) is 0 Å². The van der Waals surface area contributed by atoms with E-state index in [1.165, 1.54) is 0 Å². The van der Waals surface area contributed by atoms with Crippen LogP contribution in [0.3, 0.4) is 0 Å². The van der Waals surface area contributed by atoms with Crippen molar-refractivity contribution >= 4 is 58.6 Å². The maximum atomic E-state index is 10.6. The van der Waals surface area contributed by atoms with Crippen LogP contribution in [0.25, 0.3) is 0 Å². The standard InChI is InChI=1S/C15H19N7OS2/c1-10(18-21-14(24)16-3)11(2)19-22-15(25)20-17-8-12-4-6-13(9-23)7-5-12/h4-9H,1-3H3,(H2,16,21,24)(H2,20,22,25)/b17-8+,18-10+,19-11+. The van der Waals surface area contributed by atoms with Gasteiger partial charge in [0, 0.05) is 12.6 Å². The van der Waals surface area contributed by atoms with Gasteiger partial charge in [0.15, 0.2) is 5.11 Å². The number of benzene rings is 1. The molecule has 0 aliphatic carbocycles. The molecule has 0 saturated carbocycles. The Morgan fingerprint density at radius 1 is 0.920 bits per heavy atom. The molecule has 1 aromatic rings. The van der Waals surface area contributed by atoms with Crippen LogP contribution in [0, 0.1) is 0 Å². The maximum absolute atomic E-state index is 10.6. The molecule has 0 fully saturated rings. The molecule has 10 heteroatoms. The van der Waals surface area contributed by atoms with Crippen LogP contribution in [0.5, 0.6) is 0 Å². The van der Waals surface area contributed by atoms with Gasteiger partial charge < -0.3 is 5.32 Å². The first-order valence-corrected chi connectivity index (χ1v) is 7.99. The van der Waals surface area contributed by atoms with E-state index in [2.05, 4.69) is 36.9 Å². The van der Waals surface area contributed by atoms with E-state index in [1.54, 1.807) is 51.4 Å². The lowest BCUT2D eigenvalue weighted by atomic mass is 10.2. The Morgan fingerprint density at radius 3 is 1.96 bits per heavy atom. The van der Waals surface area contributed by atoms with E-state index in [9.17, 15) is 4.79 Å². The quantitative estimate of drug-likeness (QED) is 0.255. The summed E-state index contributed by atoms with van der Waals surface area (Å²) in [6, 6.07) is 6.95. The Bertz CT molecular complexity index is 711. The highest BCUT2D eigenvalue weighted by Crippen LogP contribution is 1.99. The third kappa shape index (κ3) is 8.08. The van der Waals surface area contributed by atoms with E-state index >= 15 is 0 Å². The van der Waals surface area contributed by atoms with Crippen molar-refractivity contribution in [2.75, 3.05) is 7.05 Å². The highest BCUT2D eigenvalue weighted by Gasteiger charge is 1.99. The fraction of sp³-hybridized carbons (Fsp3) is 0.200. The lowest BCUT2D eigenvalue weighted by molar-refractivity contribution is 0.112. The van der Waals surface area contributed by atoms with Crippen LogP contribution in [0.4, 0.5) is 0 Å². The van der Waals surface area contributed by atoms with Crippen LogP contribution in [-0.4, -0.2) is 41.2 Å². The van der Waals surface area contributed by atoms with E-state index < -0.39 is 0 Å². The molecule has 0 amide bonds. The second-order valence-electron chi connectivity index (χ2n) is 4.68. The summed E-state index contributed by atoms with van der Waals surface area (Å²) in [5.74, 6) is 0. The molecule has 0 aromatic heterocycles. The van der Waals surface area contributed by atoms with Crippen LogP contribution in [0.2, 0.25) is 0 Å². The number of hydrogen-bond donors (Lipinski definition) is 4. The summed E-state index contributed by atoms with van der Waals surface area (Å²) >= 11 is 9.98. The van der Waals surface area contributed by atoms with Crippen molar-refractivity contribution in [3.63, 3.8) is 0 Å².